The summed E-state index contributed by atoms with van der Waals surface area (Å²) in [6, 6.07) is 4.41. The van der Waals surface area contributed by atoms with Gasteiger partial charge in [0.1, 0.15) is 11.3 Å². The SMILES string of the molecule is CC1(NC(=O)c2cccc(NN)c2[N+](=O)[O-])CCOCC1. The van der Waals surface area contributed by atoms with Crippen LogP contribution >= 0.6 is 0 Å². The van der Waals surface area contributed by atoms with E-state index in [2.05, 4.69) is 10.7 Å². The van der Waals surface area contributed by atoms with E-state index >= 15 is 0 Å². The first-order valence-electron chi connectivity index (χ1n) is 6.61. The molecule has 8 nitrogen and oxygen atoms in total. The molecule has 0 radical (unpaired) electrons. The van der Waals surface area contributed by atoms with Crippen LogP contribution in [0.4, 0.5) is 11.4 Å². The number of amides is 1. The first-order chi connectivity index (χ1) is 9.97. The molecule has 0 saturated carbocycles. The number of carbonyl (C=O) groups is 1. The van der Waals surface area contributed by atoms with Gasteiger partial charge in [-0.05, 0) is 31.9 Å². The molecule has 114 valence electrons. The van der Waals surface area contributed by atoms with Gasteiger partial charge in [-0.2, -0.15) is 0 Å². The van der Waals surface area contributed by atoms with Crippen molar-refractivity contribution in [3.63, 3.8) is 0 Å². The highest BCUT2D eigenvalue weighted by Gasteiger charge is 2.32. The summed E-state index contributed by atoms with van der Waals surface area (Å²) in [5.74, 6) is 4.78. The molecule has 1 aliphatic rings. The van der Waals surface area contributed by atoms with Gasteiger partial charge in [-0.25, -0.2) is 0 Å². The van der Waals surface area contributed by atoms with Crippen molar-refractivity contribution in [3.8, 4) is 0 Å². The molecule has 2 rings (SSSR count). The Hall–Kier alpha value is -2.19. The summed E-state index contributed by atoms with van der Waals surface area (Å²) in [7, 11) is 0. The Kier molecular flexibility index (Phi) is 4.39. The van der Waals surface area contributed by atoms with Crippen molar-refractivity contribution >= 4 is 17.3 Å². The fourth-order valence-electron chi connectivity index (χ4n) is 2.33. The van der Waals surface area contributed by atoms with Crippen LogP contribution in [0, 0.1) is 10.1 Å². The van der Waals surface area contributed by atoms with Crippen molar-refractivity contribution in [2.75, 3.05) is 18.6 Å². The summed E-state index contributed by atoms with van der Waals surface area (Å²) in [6.45, 7) is 3.02. The van der Waals surface area contributed by atoms with Crippen LogP contribution in [0.3, 0.4) is 0 Å². The van der Waals surface area contributed by atoms with E-state index in [1.54, 1.807) is 6.07 Å². The van der Waals surface area contributed by atoms with Gasteiger partial charge >= 0.3 is 5.69 Å². The predicted octanol–water partition coefficient (Wildman–Crippen LogP) is 1.18. The van der Waals surface area contributed by atoms with Crippen molar-refractivity contribution in [1.82, 2.24) is 5.32 Å². The lowest BCUT2D eigenvalue weighted by Crippen LogP contribution is -2.49. The average Bonchev–Trinajstić information content (AvgIpc) is 2.46. The van der Waals surface area contributed by atoms with Gasteiger partial charge in [0.05, 0.1) is 4.92 Å². The van der Waals surface area contributed by atoms with Crippen molar-refractivity contribution < 1.29 is 14.5 Å². The largest absolute Gasteiger partial charge is 0.381 e. The van der Waals surface area contributed by atoms with Gasteiger partial charge in [0.25, 0.3) is 5.91 Å². The molecule has 0 bridgehead atoms. The third-order valence-electron chi connectivity index (χ3n) is 3.63. The van der Waals surface area contributed by atoms with Gasteiger partial charge in [0, 0.05) is 18.8 Å². The fraction of sp³-hybridized carbons (Fsp3) is 0.462. The van der Waals surface area contributed by atoms with E-state index < -0.39 is 16.4 Å². The molecule has 21 heavy (non-hydrogen) atoms. The van der Waals surface area contributed by atoms with Crippen LogP contribution < -0.4 is 16.6 Å². The molecule has 4 N–H and O–H groups in total. The minimum atomic E-state index is -0.615. The molecule has 1 aromatic carbocycles. The molecule has 1 heterocycles. The number of nitro benzene ring substituents is 1. The van der Waals surface area contributed by atoms with E-state index in [1.807, 2.05) is 6.92 Å². The van der Waals surface area contributed by atoms with Crippen molar-refractivity contribution in [2.45, 2.75) is 25.3 Å². The summed E-state index contributed by atoms with van der Waals surface area (Å²) >= 11 is 0. The minimum Gasteiger partial charge on any atom is -0.381 e. The lowest BCUT2D eigenvalue weighted by molar-refractivity contribution is -0.384. The lowest BCUT2D eigenvalue weighted by Gasteiger charge is -2.34. The molecule has 0 atom stereocenters. The van der Waals surface area contributed by atoms with E-state index in [4.69, 9.17) is 10.6 Å². The quantitative estimate of drug-likeness (QED) is 0.436. The lowest BCUT2D eigenvalue weighted by atomic mass is 9.92. The standard InChI is InChI=1S/C13H18N4O4/c1-13(5-7-21-8-6-13)15-12(18)9-3-2-4-10(16-14)11(9)17(19)20/h2-4,16H,5-8,14H2,1H3,(H,15,18). The van der Waals surface area contributed by atoms with Crippen molar-refractivity contribution in [1.29, 1.82) is 0 Å². The Morgan fingerprint density at radius 2 is 2.10 bits per heavy atom. The van der Waals surface area contributed by atoms with Crippen LogP contribution in [-0.2, 0) is 4.74 Å². The minimum absolute atomic E-state index is 0.0110. The molecule has 0 spiro atoms. The van der Waals surface area contributed by atoms with E-state index in [0.29, 0.717) is 26.1 Å². The smallest absolute Gasteiger partial charge is 0.306 e. The van der Waals surface area contributed by atoms with Crippen molar-refractivity contribution in [3.05, 3.63) is 33.9 Å². The number of ether oxygens (including phenoxy) is 1. The number of nitrogen functional groups attached to an aromatic ring is 1. The summed E-state index contributed by atoms with van der Waals surface area (Å²) in [6.07, 6.45) is 1.34. The molecule has 0 aromatic heterocycles. The van der Waals surface area contributed by atoms with Gasteiger partial charge in [-0.1, -0.05) is 6.07 Å². The summed E-state index contributed by atoms with van der Waals surface area (Å²) < 4.78 is 5.26. The monoisotopic (exact) mass is 294 g/mol. The molecule has 0 unspecified atom stereocenters. The predicted molar refractivity (Wildman–Crippen MR) is 76.8 cm³/mol. The van der Waals surface area contributed by atoms with Gasteiger partial charge in [-0.3, -0.25) is 20.8 Å². The Morgan fingerprint density at radius 1 is 1.43 bits per heavy atom. The molecule has 1 aliphatic heterocycles. The number of hydrogen-bond donors (Lipinski definition) is 3. The van der Waals surface area contributed by atoms with Crippen molar-refractivity contribution in [2.24, 2.45) is 5.84 Å². The second-order valence-electron chi connectivity index (χ2n) is 5.23. The fourth-order valence-corrected chi connectivity index (χ4v) is 2.33. The first-order valence-corrected chi connectivity index (χ1v) is 6.61. The number of carbonyl (C=O) groups excluding carboxylic acids is 1. The van der Waals surface area contributed by atoms with E-state index in [9.17, 15) is 14.9 Å². The Bertz CT molecular complexity index is 555. The number of nitrogens with two attached hydrogens (primary N) is 1. The zero-order valence-corrected chi connectivity index (χ0v) is 11.7. The molecular formula is C13H18N4O4. The molecule has 1 amide bonds. The molecular weight excluding hydrogens is 276 g/mol. The number of hydrazine groups is 1. The van der Waals surface area contributed by atoms with Crippen LogP contribution in [0.2, 0.25) is 0 Å². The van der Waals surface area contributed by atoms with E-state index in [-0.39, 0.29) is 16.9 Å². The second-order valence-corrected chi connectivity index (χ2v) is 5.23. The van der Waals surface area contributed by atoms with Crippen LogP contribution in [0.15, 0.2) is 18.2 Å². The normalized spacial score (nSPS) is 17.0. The zero-order chi connectivity index (χ0) is 15.5. The molecule has 1 saturated heterocycles. The highest BCUT2D eigenvalue weighted by molar-refractivity contribution is 6.00. The third-order valence-corrected chi connectivity index (χ3v) is 3.63. The summed E-state index contributed by atoms with van der Waals surface area (Å²) in [5.41, 5.74) is 1.59. The molecule has 0 aliphatic carbocycles. The maximum Gasteiger partial charge on any atom is 0.306 e. The number of hydrogen-bond acceptors (Lipinski definition) is 6. The van der Waals surface area contributed by atoms with E-state index in [0.717, 1.165) is 0 Å². The maximum atomic E-state index is 12.4. The van der Waals surface area contributed by atoms with Crippen LogP contribution in [-0.4, -0.2) is 29.6 Å². The number of nitro groups is 1. The van der Waals surface area contributed by atoms with Gasteiger partial charge in [0.2, 0.25) is 0 Å². The summed E-state index contributed by atoms with van der Waals surface area (Å²) in [4.78, 5) is 23.0. The molecule has 1 aromatic rings. The topological polar surface area (TPSA) is 120 Å². The number of benzene rings is 1. The third kappa shape index (κ3) is 3.29. The van der Waals surface area contributed by atoms with Gasteiger partial charge in [-0.15, -0.1) is 0 Å². The summed E-state index contributed by atoms with van der Waals surface area (Å²) in [5, 5.41) is 14.1. The number of anilines is 1. The van der Waals surface area contributed by atoms with E-state index in [1.165, 1.54) is 12.1 Å². The van der Waals surface area contributed by atoms with Crippen LogP contribution in [0.1, 0.15) is 30.1 Å². The Morgan fingerprint density at radius 3 is 2.67 bits per heavy atom. The highest BCUT2D eigenvalue weighted by atomic mass is 16.6. The first kappa shape index (κ1) is 15.2. The number of nitrogens with one attached hydrogen (secondary N) is 2. The Balaban J connectivity index is 2.28. The second kappa shape index (κ2) is 6.06. The number of rotatable bonds is 4. The van der Waals surface area contributed by atoms with Gasteiger partial charge < -0.3 is 15.5 Å². The average molecular weight is 294 g/mol. The number of para-hydroxylation sites is 1. The molecule has 8 heteroatoms. The van der Waals surface area contributed by atoms with Crippen LogP contribution in [0.25, 0.3) is 0 Å². The number of nitrogens with zero attached hydrogens (tertiary/aromatic N) is 1. The maximum absolute atomic E-state index is 12.4. The highest BCUT2D eigenvalue weighted by Crippen LogP contribution is 2.29. The van der Waals surface area contributed by atoms with Crippen LogP contribution in [0.5, 0.6) is 0 Å². The Labute approximate surface area is 121 Å². The zero-order valence-electron chi connectivity index (χ0n) is 11.7. The van der Waals surface area contributed by atoms with Gasteiger partial charge in [0.15, 0.2) is 0 Å². The molecule has 1 fully saturated rings.